The summed E-state index contributed by atoms with van der Waals surface area (Å²) in [6.07, 6.45) is 5.11. The zero-order valence-electron chi connectivity index (χ0n) is 9.42. The van der Waals surface area contributed by atoms with Crippen molar-refractivity contribution in [3.05, 3.63) is 0 Å². The Morgan fingerprint density at radius 3 is 2.71 bits per heavy atom. The number of hydrogen-bond acceptors (Lipinski definition) is 3. The molecular formula is C11H23NO2. The van der Waals surface area contributed by atoms with Crippen LogP contribution in [-0.2, 0) is 9.47 Å². The van der Waals surface area contributed by atoms with Crippen LogP contribution in [0.3, 0.4) is 0 Å². The standard InChI is InChI=1S/C11H23NO2/c1-3-5-12-10-8-11(9-10)14-7-4-6-13-2/h10-12H,3-9H2,1-2H3. The van der Waals surface area contributed by atoms with Gasteiger partial charge in [-0.3, -0.25) is 0 Å². The first-order valence-electron chi connectivity index (χ1n) is 5.70. The average Bonchev–Trinajstić information content (AvgIpc) is 2.14. The third kappa shape index (κ3) is 4.40. The van der Waals surface area contributed by atoms with Gasteiger partial charge in [0.25, 0.3) is 0 Å². The van der Waals surface area contributed by atoms with Gasteiger partial charge in [-0.25, -0.2) is 0 Å². The molecule has 0 amide bonds. The lowest BCUT2D eigenvalue weighted by atomic mass is 9.89. The smallest absolute Gasteiger partial charge is 0.0604 e. The summed E-state index contributed by atoms with van der Waals surface area (Å²) in [6.45, 7) is 4.99. The lowest BCUT2D eigenvalue weighted by Crippen LogP contribution is -2.45. The van der Waals surface area contributed by atoms with Crippen molar-refractivity contribution in [2.75, 3.05) is 26.9 Å². The molecule has 0 aromatic rings. The number of rotatable bonds is 8. The molecule has 0 aromatic carbocycles. The highest BCUT2D eigenvalue weighted by Gasteiger charge is 2.28. The van der Waals surface area contributed by atoms with Gasteiger partial charge in [0, 0.05) is 26.4 Å². The average molecular weight is 201 g/mol. The SMILES string of the molecule is CCCNC1CC(OCCCOC)C1. The first kappa shape index (κ1) is 12.0. The molecule has 14 heavy (non-hydrogen) atoms. The maximum absolute atomic E-state index is 5.67. The van der Waals surface area contributed by atoms with Crippen LogP contribution in [0.15, 0.2) is 0 Å². The second-order valence-corrected chi connectivity index (χ2v) is 3.96. The van der Waals surface area contributed by atoms with E-state index in [1.54, 1.807) is 7.11 Å². The van der Waals surface area contributed by atoms with Gasteiger partial charge in [0.1, 0.15) is 0 Å². The lowest BCUT2D eigenvalue weighted by molar-refractivity contribution is -0.0225. The first-order chi connectivity index (χ1) is 6.86. The van der Waals surface area contributed by atoms with Crippen molar-refractivity contribution in [3.8, 4) is 0 Å². The van der Waals surface area contributed by atoms with Crippen molar-refractivity contribution in [1.29, 1.82) is 0 Å². The second kappa shape index (κ2) is 7.21. The minimum absolute atomic E-state index is 0.501. The van der Waals surface area contributed by atoms with Crippen LogP contribution in [0.5, 0.6) is 0 Å². The minimum atomic E-state index is 0.501. The van der Waals surface area contributed by atoms with Crippen LogP contribution in [0.4, 0.5) is 0 Å². The topological polar surface area (TPSA) is 30.5 Å². The van der Waals surface area contributed by atoms with Crippen LogP contribution in [0, 0.1) is 0 Å². The zero-order valence-corrected chi connectivity index (χ0v) is 9.42. The summed E-state index contributed by atoms with van der Waals surface area (Å²) in [6, 6.07) is 0.711. The first-order valence-corrected chi connectivity index (χ1v) is 5.70. The summed E-state index contributed by atoms with van der Waals surface area (Å²) in [4.78, 5) is 0. The van der Waals surface area contributed by atoms with Gasteiger partial charge in [-0.2, -0.15) is 0 Å². The molecule has 1 aliphatic carbocycles. The van der Waals surface area contributed by atoms with Gasteiger partial charge in [0.2, 0.25) is 0 Å². The van der Waals surface area contributed by atoms with E-state index in [2.05, 4.69) is 12.2 Å². The number of ether oxygens (including phenoxy) is 2. The maximum Gasteiger partial charge on any atom is 0.0604 e. The molecule has 1 aliphatic rings. The Labute approximate surface area is 87.2 Å². The molecule has 0 atom stereocenters. The predicted octanol–water partition coefficient (Wildman–Crippen LogP) is 1.57. The molecular weight excluding hydrogens is 178 g/mol. The molecule has 0 aromatic heterocycles. The van der Waals surface area contributed by atoms with Crippen LogP contribution >= 0.6 is 0 Å². The molecule has 0 spiro atoms. The monoisotopic (exact) mass is 201 g/mol. The maximum atomic E-state index is 5.67. The molecule has 0 aliphatic heterocycles. The van der Waals surface area contributed by atoms with Crippen LogP contribution in [0.2, 0.25) is 0 Å². The van der Waals surface area contributed by atoms with Crippen molar-refractivity contribution in [3.63, 3.8) is 0 Å². The van der Waals surface area contributed by atoms with Gasteiger partial charge < -0.3 is 14.8 Å². The van der Waals surface area contributed by atoms with E-state index in [4.69, 9.17) is 9.47 Å². The van der Waals surface area contributed by atoms with E-state index < -0.39 is 0 Å². The Morgan fingerprint density at radius 1 is 1.29 bits per heavy atom. The lowest BCUT2D eigenvalue weighted by Gasteiger charge is -2.35. The summed E-state index contributed by atoms with van der Waals surface area (Å²) in [5.74, 6) is 0. The largest absolute Gasteiger partial charge is 0.385 e. The van der Waals surface area contributed by atoms with Gasteiger partial charge in [0.15, 0.2) is 0 Å². The Hall–Kier alpha value is -0.120. The van der Waals surface area contributed by atoms with E-state index in [-0.39, 0.29) is 0 Å². The van der Waals surface area contributed by atoms with Crippen LogP contribution in [-0.4, -0.2) is 39.0 Å². The Balaban J connectivity index is 1.84. The van der Waals surface area contributed by atoms with Crippen molar-refractivity contribution in [2.45, 2.75) is 44.8 Å². The van der Waals surface area contributed by atoms with E-state index in [0.29, 0.717) is 12.1 Å². The molecule has 1 N–H and O–H groups in total. The van der Waals surface area contributed by atoms with E-state index in [9.17, 15) is 0 Å². The molecule has 1 saturated carbocycles. The van der Waals surface area contributed by atoms with E-state index >= 15 is 0 Å². The third-order valence-corrected chi connectivity index (χ3v) is 2.62. The Morgan fingerprint density at radius 2 is 2.07 bits per heavy atom. The highest BCUT2D eigenvalue weighted by Crippen LogP contribution is 2.23. The van der Waals surface area contributed by atoms with Crippen molar-refractivity contribution < 1.29 is 9.47 Å². The van der Waals surface area contributed by atoms with Gasteiger partial charge in [-0.1, -0.05) is 6.92 Å². The zero-order chi connectivity index (χ0) is 10.2. The summed E-state index contributed by atoms with van der Waals surface area (Å²) in [7, 11) is 1.73. The fourth-order valence-electron chi connectivity index (χ4n) is 1.67. The summed E-state index contributed by atoms with van der Waals surface area (Å²) in [5, 5.41) is 3.50. The minimum Gasteiger partial charge on any atom is -0.385 e. The molecule has 1 rings (SSSR count). The fourth-order valence-corrected chi connectivity index (χ4v) is 1.67. The van der Waals surface area contributed by atoms with Crippen molar-refractivity contribution >= 4 is 0 Å². The number of nitrogens with one attached hydrogen (secondary N) is 1. The van der Waals surface area contributed by atoms with Gasteiger partial charge in [-0.15, -0.1) is 0 Å². The van der Waals surface area contributed by atoms with Crippen LogP contribution < -0.4 is 5.32 Å². The summed E-state index contributed by atoms with van der Waals surface area (Å²) in [5.41, 5.74) is 0. The van der Waals surface area contributed by atoms with E-state index in [1.165, 1.54) is 19.3 Å². The Kier molecular flexibility index (Phi) is 6.15. The van der Waals surface area contributed by atoms with E-state index in [0.717, 1.165) is 26.2 Å². The van der Waals surface area contributed by atoms with E-state index in [1.807, 2.05) is 0 Å². The highest BCUT2D eigenvalue weighted by molar-refractivity contribution is 4.85. The number of methoxy groups -OCH3 is 1. The van der Waals surface area contributed by atoms with Crippen LogP contribution in [0.25, 0.3) is 0 Å². The highest BCUT2D eigenvalue weighted by atomic mass is 16.5. The summed E-state index contributed by atoms with van der Waals surface area (Å²) >= 11 is 0. The molecule has 0 radical (unpaired) electrons. The molecule has 0 heterocycles. The molecule has 1 fully saturated rings. The van der Waals surface area contributed by atoms with Crippen molar-refractivity contribution in [1.82, 2.24) is 5.32 Å². The molecule has 3 heteroatoms. The molecule has 0 saturated heterocycles. The quantitative estimate of drug-likeness (QED) is 0.605. The number of hydrogen-bond donors (Lipinski definition) is 1. The van der Waals surface area contributed by atoms with Gasteiger partial charge in [-0.05, 0) is 32.2 Å². The Bertz CT molecular complexity index is 132. The molecule has 84 valence electrons. The van der Waals surface area contributed by atoms with Gasteiger partial charge >= 0.3 is 0 Å². The normalized spacial score (nSPS) is 26.1. The third-order valence-electron chi connectivity index (χ3n) is 2.62. The second-order valence-electron chi connectivity index (χ2n) is 3.96. The van der Waals surface area contributed by atoms with Crippen molar-refractivity contribution in [2.24, 2.45) is 0 Å². The fraction of sp³-hybridized carbons (Fsp3) is 1.00. The van der Waals surface area contributed by atoms with Gasteiger partial charge in [0.05, 0.1) is 6.10 Å². The predicted molar refractivity (Wildman–Crippen MR) is 57.5 cm³/mol. The molecule has 0 unspecified atom stereocenters. The molecule has 3 nitrogen and oxygen atoms in total. The van der Waals surface area contributed by atoms with Crippen LogP contribution in [0.1, 0.15) is 32.6 Å². The summed E-state index contributed by atoms with van der Waals surface area (Å²) < 4.78 is 10.6. The molecule has 0 bridgehead atoms.